The molecule has 2 aliphatic carbocycles. The Hall–Kier alpha value is -4.05. The summed E-state index contributed by atoms with van der Waals surface area (Å²) in [6.07, 6.45) is 3.57. The van der Waals surface area contributed by atoms with Crippen LogP contribution < -0.4 is 0 Å². The van der Waals surface area contributed by atoms with Gasteiger partial charge in [0, 0.05) is 54.7 Å². The normalized spacial score (nSPS) is 14.7. The van der Waals surface area contributed by atoms with Crippen molar-refractivity contribution in [2.24, 2.45) is 0 Å². The molecule has 2 nitrogen and oxygen atoms in total. The number of pyridine rings is 2. The van der Waals surface area contributed by atoms with Gasteiger partial charge in [-0.3, -0.25) is 9.97 Å². The van der Waals surface area contributed by atoms with Gasteiger partial charge in [0.15, 0.2) is 0 Å². The average molecular weight is 745 g/mol. The van der Waals surface area contributed by atoms with Gasteiger partial charge in [-0.2, -0.15) is 37.1 Å². The smallest absolute Gasteiger partial charge is 0.103 e. The Labute approximate surface area is 264 Å². The largest absolute Gasteiger partial charge is 0.269 e. The van der Waals surface area contributed by atoms with Crippen LogP contribution in [-0.4, -0.2) is 9.97 Å². The molecule has 0 saturated carbocycles. The maximum atomic E-state index is 14.6. The summed E-state index contributed by atoms with van der Waals surface area (Å²) in [4.78, 5) is 9.08. The molecular weight excluding hydrogens is 715 g/mol. The van der Waals surface area contributed by atoms with E-state index in [2.05, 4.69) is 75.8 Å². The van der Waals surface area contributed by atoms with Crippen LogP contribution in [0.25, 0.3) is 44.1 Å². The van der Waals surface area contributed by atoms with Gasteiger partial charge in [0.25, 0.3) is 0 Å². The molecule has 0 unspecified atom stereocenters. The molecule has 0 spiro atoms. The number of hydrogen-bond donors (Lipinski definition) is 0. The molecule has 2 aliphatic rings. The number of nitrogens with zero attached hydrogens (tertiary/aromatic N) is 2. The quantitative estimate of drug-likeness (QED) is 0.145. The van der Waals surface area contributed by atoms with Crippen molar-refractivity contribution in [1.82, 2.24) is 9.97 Å². The predicted octanol–water partition coefficient (Wildman–Crippen LogP) is 9.72. The summed E-state index contributed by atoms with van der Waals surface area (Å²) in [7, 11) is 0. The number of halogens is 2. The molecular formula is C38H30F2IrN2-2. The molecule has 0 amide bonds. The zero-order valence-corrected chi connectivity index (χ0v) is 26.9. The molecule has 5 heteroatoms. The molecule has 0 bridgehead atoms. The third kappa shape index (κ3) is 4.06. The monoisotopic (exact) mass is 745 g/mol. The van der Waals surface area contributed by atoms with Crippen molar-refractivity contribution in [3.05, 3.63) is 144 Å². The summed E-state index contributed by atoms with van der Waals surface area (Å²) < 4.78 is 29.1. The maximum absolute atomic E-state index is 14.6. The Morgan fingerprint density at radius 2 is 0.953 bits per heavy atom. The van der Waals surface area contributed by atoms with E-state index < -0.39 is 10.8 Å². The first kappa shape index (κ1) is 29.0. The Balaban J connectivity index is 0.000000150. The Kier molecular flexibility index (Phi) is 6.76. The zero-order valence-electron chi connectivity index (χ0n) is 24.5. The van der Waals surface area contributed by atoms with E-state index >= 15 is 0 Å². The molecule has 0 fully saturated rings. The van der Waals surface area contributed by atoms with Gasteiger partial charge < -0.3 is 0 Å². The summed E-state index contributed by atoms with van der Waals surface area (Å²) in [5, 5.41) is 4.51. The predicted molar refractivity (Wildman–Crippen MR) is 167 cm³/mol. The molecule has 6 aromatic rings. The average Bonchev–Trinajstić information content (AvgIpc) is 2.97. The van der Waals surface area contributed by atoms with Gasteiger partial charge >= 0.3 is 0 Å². The van der Waals surface area contributed by atoms with Crippen LogP contribution in [0, 0.1) is 25.5 Å². The molecule has 0 saturated heterocycles. The Morgan fingerprint density at radius 3 is 1.35 bits per heavy atom. The summed E-state index contributed by atoms with van der Waals surface area (Å²) in [6, 6.07) is 22.9. The van der Waals surface area contributed by atoms with Gasteiger partial charge in [0.2, 0.25) is 0 Å². The number of aromatic nitrogens is 2. The second-order valence-corrected chi connectivity index (χ2v) is 12.3. The van der Waals surface area contributed by atoms with Crippen molar-refractivity contribution in [3.8, 4) is 22.5 Å². The second-order valence-electron chi connectivity index (χ2n) is 12.3. The fourth-order valence-electron chi connectivity index (χ4n) is 7.15. The van der Waals surface area contributed by atoms with Crippen LogP contribution in [-0.2, 0) is 30.9 Å². The fraction of sp³-hybridized carbons (Fsp3) is 0.158. The summed E-state index contributed by atoms with van der Waals surface area (Å²) >= 11 is 0. The van der Waals surface area contributed by atoms with Crippen LogP contribution in [0.1, 0.15) is 61.1 Å². The zero-order chi connectivity index (χ0) is 29.6. The van der Waals surface area contributed by atoms with Crippen LogP contribution in [0.3, 0.4) is 0 Å². The van der Waals surface area contributed by atoms with Crippen LogP contribution >= 0.6 is 0 Å². The minimum Gasteiger partial charge on any atom is -0.269 e. The number of fused-ring (bicyclic) bond motifs is 4. The summed E-state index contributed by atoms with van der Waals surface area (Å²) in [6.45, 7) is 16.5. The molecule has 1 radical (unpaired) electrons. The van der Waals surface area contributed by atoms with E-state index in [0.717, 1.165) is 66.3 Å². The first-order chi connectivity index (χ1) is 20.0. The van der Waals surface area contributed by atoms with Crippen LogP contribution in [0.2, 0.25) is 0 Å². The van der Waals surface area contributed by atoms with Gasteiger partial charge in [-0.05, 0) is 55.9 Å². The van der Waals surface area contributed by atoms with Crippen molar-refractivity contribution in [2.75, 3.05) is 0 Å². The molecule has 0 aliphatic heterocycles. The van der Waals surface area contributed by atoms with Crippen LogP contribution in [0.5, 0.6) is 0 Å². The first-order valence-corrected chi connectivity index (χ1v) is 14.1. The van der Waals surface area contributed by atoms with E-state index in [9.17, 15) is 8.78 Å². The number of benzene rings is 4. The summed E-state index contributed by atoms with van der Waals surface area (Å²) in [5.41, 5.74) is 7.91. The molecule has 8 rings (SSSR count). The molecule has 0 N–H and O–H groups in total. The van der Waals surface area contributed by atoms with Gasteiger partial charge in [-0.25, -0.2) is 8.78 Å². The SMILES string of the molecule is [CH2-]c1ccc(F)c2c1-c1nccc3cccc(c13)C2(C)C.[CH2-]c1ccc(F)c2c1-c1nccc3cccc(c13)C2(C)C.[Ir]. The van der Waals surface area contributed by atoms with E-state index in [1.165, 1.54) is 12.1 Å². The van der Waals surface area contributed by atoms with E-state index in [4.69, 9.17) is 0 Å². The van der Waals surface area contributed by atoms with Crippen molar-refractivity contribution in [3.63, 3.8) is 0 Å². The molecule has 4 aromatic carbocycles. The van der Waals surface area contributed by atoms with Crippen molar-refractivity contribution >= 4 is 21.5 Å². The van der Waals surface area contributed by atoms with Crippen molar-refractivity contribution in [2.45, 2.75) is 38.5 Å². The number of hydrogen-bond acceptors (Lipinski definition) is 2. The van der Waals surface area contributed by atoms with Crippen molar-refractivity contribution < 1.29 is 28.9 Å². The third-order valence-corrected chi connectivity index (χ3v) is 9.13. The summed E-state index contributed by atoms with van der Waals surface area (Å²) in [5.74, 6) is -0.369. The van der Waals surface area contributed by atoms with E-state index in [1.807, 2.05) is 24.3 Å². The molecule has 2 aromatic heterocycles. The molecule has 0 atom stereocenters. The van der Waals surface area contributed by atoms with Crippen molar-refractivity contribution in [1.29, 1.82) is 0 Å². The number of rotatable bonds is 0. The van der Waals surface area contributed by atoms with Crippen LogP contribution in [0.4, 0.5) is 8.78 Å². The Bertz CT molecular complexity index is 1930. The van der Waals surface area contributed by atoms with E-state index in [0.29, 0.717) is 11.1 Å². The first-order valence-electron chi connectivity index (χ1n) is 14.1. The van der Waals surface area contributed by atoms with E-state index in [-0.39, 0.29) is 31.7 Å². The third-order valence-electron chi connectivity index (χ3n) is 9.13. The maximum Gasteiger partial charge on any atom is 0.103 e. The minimum atomic E-state index is -0.400. The molecule has 217 valence electrons. The second kappa shape index (κ2) is 10.0. The molecule has 43 heavy (non-hydrogen) atoms. The van der Waals surface area contributed by atoms with Crippen LogP contribution in [0.15, 0.2) is 85.2 Å². The fourth-order valence-corrected chi connectivity index (χ4v) is 7.15. The molecule has 2 heterocycles. The van der Waals surface area contributed by atoms with Gasteiger partial charge in [0.05, 0.1) is 0 Å². The van der Waals surface area contributed by atoms with E-state index in [1.54, 1.807) is 24.5 Å². The van der Waals surface area contributed by atoms with Gasteiger partial charge in [-0.1, -0.05) is 87.4 Å². The Morgan fingerprint density at radius 1 is 0.558 bits per heavy atom. The topological polar surface area (TPSA) is 25.8 Å². The standard InChI is InChI=1S/2C19H15FN.Ir/c2*1-11-7-8-14(20)17-15(11)18-16-12(9-10-21-18)5-4-6-13(16)19(17,2)3;/h2*4-10H,1H2,2-3H3;/q2*-1;. The van der Waals surface area contributed by atoms with Gasteiger partial charge in [0.1, 0.15) is 11.6 Å². The minimum absolute atomic E-state index is 0. The van der Waals surface area contributed by atoms with Gasteiger partial charge in [-0.15, -0.1) is 0 Å².